The standard InChI is InChI=1S/C19H13BrF3NO4/c1-10(18(26)24-12-4-2-11(20)3-5-12)27-13-6-7-14-15(19(21,22)23)9-17(25)28-16(14)8-13/h2-10H,1H3,(H,24,26)/t10-/m1/s1. The highest BCUT2D eigenvalue weighted by Crippen LogP contribution is 2.35. The van der Waals surface area contributed by atoms with Gasteiger partial charge in [-0.05, 0) is 43.3 Å². The molecule has 1 amide bonds. The Bertz CT molecular complexity index is 1080. The lowest BCUT2D eigenvalue weighted by Gasteiger charge is -2.15. The van der Waals surface area contributed by atoms with E-state index in [1.165, 1.54) is 13.0 Å². The molecular weight excluding hydrogens is 443 g/mol. The first-order valence-corrected chi connectivity index (χ1v) is 8.81. The zero-order chi connectivity index (χ0) is 20.5. The van der Waals surface area contributed by atoms with Crippen molar-refractivity contribution in [3.05, 3.63) is 69.0 Å². The molecular formula is C19H13BrF3NO4. The van der Waals surface area contributed by atoms with Crippen LogP contribution >= 0.6 is 15.9 Å². The Morgan fingerprint density at radius 1 is 1.14 bits per heavy atom. The van der Waals surface area contributed by atoms with Crippen LogP contribution in [0.25, 0.3) is 11.0 Å². The maximum Gasteiger partial charge on any atom is 0.417 e. The van der Waals surface area contributed by atoms with Crippen LogP contribution in [0, 0.1) is 0 Å². The summed E-state index contributed by atoms with van der Waals surface area (Å²) in [5.41, 5.74) is -1.94. The molecule has 0 fully saturated rings. The fourth-order valence-electron chi connectivity index (χ4n) is 2.49. The third-order valence-corrected chi connectivity index (χ3v) is 4.34. The van der Waals surface area contributed by atoms with Gasteiger partial charge in [0, 0.05) is 27.7 Å². The summed E-state index contributed by atoms with van der Waals surface area (Å²) < 4.78 is 50.4. The molecule has 0 saturated carbocycles. The summed E-state index contributed by atoms with van der Waals surface area (Å²) in [4.78, 5) is 23.7. The summed E-state index contributed by atoms with van der Waals surface area (Å²) in [6, 6.07) is 10.9. The van der Waals surface area contributed by atoms with Crippen LogP contribution in [0.1, 0.15) is 12.5 Å². The zero-order valence-corrected chi connectivity index (χ0v) is 15.9. The van der Waals surface area contributed by atoms with Gasteiger partial charge in [0.05, 0.1) is 5.56 Å². The molecule has 3 rings (SSSR count). The van der Waals surface area contributed by atoms with Gasteiger partial charge < -0.3 is 14.5 Å². The average Bonchev–Trinajstić information content (AvgIpc) is 2.61. The molecule has 0 radical (unpaired) electrons. The zero-order valence-electron chi connectivity index (χ0n) is 14.3. The van der Waals surface area contributed by atoms with Gasteiger partial charge in [0.2, 0.25) is 0 Å². The van der Waals surface area contributed by atoms with Crippen LogP contribution in [0.2, 0.25) is 0 Å². The van der Waals surface area contributed by atoms with Gasteiger partial charge in [0.1, 0.15) is 11.3 Å². The normalized spacial score (nSPS) is 12.6. The molecule has 0 unspecified atom stereocenters. The van der Waals surface area contributed by atoms with Crippen molar-refractivity contribution in [1.82, 2.24) is 0 Å². The Kier molecular flexibility index (Phi) is 5.46. The second-order valence-corrected chi connectivity index (χ2v) is 6.81. The lowest BCUT2D eigenvalue weighted by molar-refractivity contribution is -0.136. The third-order valence-electron chi connectivity index (χ3n) is 3.82. The Labute approximate surface area is 165 Å². The number of ether oxygens (including phenoxy) is 1. The number of halogens is 4. The van der Waals surface area contributed by atoms with Crippen molar-refractivity contribution in [2.75, 3.05) is 5.32 Å². The second kappa shape index (κ2) is 7.67. The first kappa shape index (κ1) is 19.9. The highest BCUT2D eigenvalue weighted by molar-refractivity contribution is 9.10. The van der Waals surface area contributed by atoms with E-state index in [1.807, 2.05) is 0 Å². The van der Waals surface area contributed by atoms with Crippen LogP contribution in [0.3, 0.4) is 0 Å². The van der Waals surface area contributed by atoms with Crippen LogP contribution in [-0.2, 0) is 11.0 Å². The van der Waals surface area contributed by atoms with Gasteiger partial charge in [-0.1, -0.05) is 15.9 Å². The Hall–Kier alpha value is -2.81. The second-order valence-electron chi connectivity index (χ2n) is 5.89. The number of anilines is 1. The van der Waals surface area contributed by atoms with Gasteiger partial charge in [-0.15, -0.1) is 0 Å². The van der Waals surface area contributed by atoms with Crippen LogP contribution in [0.4, 0.5) is 18.9 Å². The molecule has 0 bridgehead atoms. The van der Waals surface area contributed by atoms with E-state index >= 15 is 0 Å². The first-order chi connectivity index (χ1) is 13.1. The molecule has 0 spiro atoms. The van der Waals surface area contributed by atoms with Crippen molar-refractivity contribution in [3.63, 3.8) is 0 Å². The number of alkyl halides is 3. The molecule has 1 aromatic heterocycles. The predicted octanol–water partition coefficient (Wildman–Crippen LogP) is 4.98. The van der Waals surface area contributed by atoms with Gasteiger partial charge in [0.15, 0.2) is 6.10 Å². The minimum atomic E-state index is -4.70. The maximum absolute atomic E-state index is 13.1. The molecule has 1 N–H and O–H groups in total. The number of nitrogens with one attached hydrogen (secondary N) is 1. The van der Waals surface area contributed by atoms with Crippen molar-refractivity contribution in [2.24, 2.45) is 0 Å². The molecule has 9 heteroatoms. The molecule has 28 heavy (non-hydrogen) atoms. The van der Waals surface area contributed by atoms with E-state index in [4.69, 9.17) is 9.15 Å². The highest BCUT2D eigenvalue weighted by Gasteiger charge is 2.34. The summed E-state index contributed by atoms with van der Waals surface area (Å²) in [5, 5.41) is 2.39. The van der Waals surface area contributed by atoms with Gasteiger partial charge in [-0.3, -0.25) is 4.79 Å². The quantitative estimate of drug-likeness (QED) is 0.563. The summed E-state index contributed by atoms with van der Waals surface area (Å²) in [5.74, 6) is -0.360. The van der Waals surface area contributed by atoms with E-state index in [1.54, 1.807) is 24.3 Å². The van der Waals surface area contributed by atoms with Crippen molar-refractivity contribution in [2.45, 2.75) is 19.2 Å². The molecule has 2 aromatic carbocycles. The van der Waals surface area contributed by atoms with E-state index in [0.717, 1.165) is 16.6 Å². The van der Waals surface area contributed by atoms with E-state index in [-0.39, 0.29) is 16.7 Å². The van der Waals surface area contributed by atoms with Gasteiger partial charge >= 0.3 is 11.8 Å². The maximum atomic E-state index is 13.1. The number of hydrogen-bond donors (Lipinski definition) is 1. The molecule has 3 aromatic rings. The van der Waals surface area contributed by atoms with Crippen LogP contribution < -0.4 is 15.7 Å². The third kappa shape index (κ3) is 4.53. The van der Waals surface area contributed by atoms with E-state index in [9.17, 15) is 22.8 Å². The van der Waals surface area contributed by atoms with Crippen molar-refractivity contribution in [1.29, 1.82) is 0 Å². The summed E-state index contributed by atoms with van der Waals surface area (Å²) in [7, 11) is 0. The van der Waals surface area contributed by atoms with Crippen LogP contribution in [-0.4, -0.2) is 12.0 Å². The van der Waals surface area contributed by atoms with Gasteiger partial charge in [-0.25, -0.2) is 4.79 Å². The molecule has 146 valence electrons. The molecule has 5 nitrogen and oxygen atoms in total. The fraction of sp³-hybridized carbons (Fsp3) is 0.158. The number of carbonyl (C=O) groups is 1. The lowest BCUT2D eigenvalue weighted by Crippen LogP contribution is -2.30. The topological polar surface area (TPSA) is 68.5 Å². The van der Waals surface area contributed by atoms with E-state index in [2.05, 4.69) is 21.2 Å². The number of hydrogen-bond acceptors (Lipinski definition) is 4. The minimum absolute atomic E-state index is 0.0911. The van der Waals surface area contributed by atoms with Crippen LogP contribution in [0.15, 0.2) is 62.2 Å². The monoisotopic (exact) mass is 455 g/mol. The Morgan fingerprint density at radius 2 is 1.82 bits per heavy atom. The lowest BCUT2D eigenvalue weighted by atomic mass is 10.1. The molecule has 1 atom stereocenters. The van der Waals surface area contributed by atoms with Crippen molar-refractivity contribution in [3.8, 4) is 5.75 Å². The number of benzene rings is 2. The molecule has 1 heterocycles. The van der Waals surface area contributed by atoms with E-state index < -0.39 is 29.4 Å². The Balaban J connectivity index is 1.81. The number of carbonyl (C=O) groups excluding carboxylic acids is 1. The summed E-state index contributed by atoms with van der Waals surface area (Å²) in [6.07, 6.45) is -5.65. The molecule has 0 aliphatic carbocycles. The summed E-state index contributed by atoms with van der Waals surface area (Å²) in [6.45, 7) is 1.49. The molecule has 0 saturated heterocycles. The molecule has 0 aliphatic heterocycles. The Morgan fingerprint density at radius 3 is 2.46 bits per heavy atom. The van der Waals surface area contributed by atoms with Crippen LogP contribution in [0.5, 0.6) is 5.75 Å². The summed E-state index contributed by atoms with van der Waals surface area (Å²) >= 11 is 3.29. The van der Waals surface area contributed by atoms with Crippen molar-refractivity contribution < 1.29 is 27.1 Å². The van der Waals surface area contributed by atoms with Gasteiger partial charge in [-0.2, -0.15) is 13.2 Å². The number of fused-ring (bicyclic) bond motifs is 1. The SMILES string of the molecule is C[C@@H](Oc1ccc2c(C(F)(F)F)cc(=O)oc2c1)C(=O)Nc1ccc(Br)cc1. The van der Waals surface area contributed by atoms with E-state index in [0.29, 0.717) is 11.8 Å². The minimum Gasteiger partial charge on any atom is -0.481 e. The average molecular weight is 456 g/mol. The largest absolute Gasteiger partial charge is 0.481 e. The molecule has 0 aliphatic rings. The smallest absolute Gasteiger partial charge is 0.417 e. The first-order valence-electron chi connectivity index (χ1n) is 8.02. The predicted molar refractivity (Wildman–Crippen MR) is 100 cm³/mol. The fourth-order valence-corrected chi connectivity index (χ4v) is 2.75. The van der Waals surface area contributed by atoms with Crippen molar-refractivity contribution >= 4 is 38.5 Å². The van der Waals surface area contributed by atoms with Gasteiger partial charge in [0.25, 0.3) is 5.91 Å². The number of amides is 1. The number of rotatable bonds is 4. The highest BCUT2D eigenvalue weighted by atomic mass is 79.9.